The molecule has 0 spiro atoms. The van der Waals surface area contributed by atoms with Crippen molar-refractivity contribution in [2.75, 3.05) is 7.11 Å². The number of benzene rings is 2. The van der Waals surface area contributed by atoms with Gasteiger partial charge in [-0.25, -0.2) is 0 Å². The van der Waals surface area contributed by atoms with Crippen LogP contribution in [0.2, 0.25) is 0 Å². The van der Waals surface area contributed by atoms with Crippen LogP contribution in [-0.4, -0.2) is 28.9 Å². The Kier molecular flexibility index (Phi) is 7.12. The highest BCUT2D eigenvalue weighted by molar-refractivity contribution is 9.10. The Morgan fingerprint density at radius 3 is 2.61 bits per heavy atom. The summed E-state index contributed by atoms with van der Waals surface area (Å²) < 4.78 is 13.2. The molecule has 0 bridgehead atoms. The van der Waals surface area contributed by atoms with Crippen LogP contribution in [-0.2, 0) is 11.3 Å². The molecule has 8 heteroatoms. The van der Waals surface area contributed by atoms with E-state index in [1.165, 1.54) is 16.8 Å². The predicted molar refractivity (Wildman–Crippen MR) is 122 cm³/mol. The summed E-state index contributed by atoms with van der Waals surface area (Å²) in [5.74, 6) is 0.549. The van der Waals surface area contributed by atoms with Gasteiger partial charge in [-0.05, 0) is 62.2 Å². The molecule has 1 aromatic heterocycles. The third kappa shape index (κ3) is 5.52. The number of nitrogens with zero attached hydrogens (tertiary/aromatic N) is 2. The van der Waals surface area contributed by atoms with Gasteiger partial charge in [-0.1, -0.05) is 22.0 Å². The molecule has 2 aromatic carbocycles. The highest BCUT2D eigenvalue weighted by Gasteiger charge is 2.17. The van der Waals surface area contributed by atoms with E-state index < -0.39 is 6.10 Å². The molecule has 7 nitrogen and oxygen atoms in total. The van der Waals surface area contributed by atoms with Crippen molar-refractivity contribution in [1.82, 2.24) is 15.1 Å². The van der Waals surface area contributed by atoms with Crippen LogP contribution in [0.4, 0.5) is 0 Å². The molecule has 0 unspecified atom stereocenters. The van der Waals surface area contributed by atoms with Crippen molar-refractivity contribution in [3.8, 4) is 17.3 Å². The van der Waals surface area contributed by atoms with Gasteiger partial charge in [0.15, 0.2) is 6.10 Å². The molecule has 0 saturated carbocycles. The van der Waals surface area contributed by atoms with E-state index in [0.29, 0.717) is 11.4 Å². The van der Waals surface area contributed by atoms with Crippen molar-refractivity contribution in [3.05, 3.63) is 80.0 Å². The lowest BCUT2D eigenvalue weighted by atomic mass is 10.1. The van der Waals surface area contributed by atoms with Crippen LogP contribution in [0.25, 0.3) is 5.69 Å². The first-order valence-corrected chi connectivity index (χ1v) is 10.5. The number of halogens is 1. The minimum atomic E-state index is -0.809. The standard InChI is InChI=1S/C23H24BrN3O4/c1-14-5-7-19(11-15(14)2)27-22(28)10-9-21(26-27)31-16(3)23(29)25-13-17-12-18(24)6-8-20(17)30-4/h5-12,16H,13H2,1-4H3,(H,25,29)/t16-/m0/s1. The van der Waals surface area contributed by atoms with E-state index in [4.69, 9.17) is 9.47 Å². The molecule has 0 radical (unpaired) electrons. The quantitative estimate of drug-likeness (QED) is 0.551. The monoisotopic (exact) mass is 485 g/mol. The largest absolute Gasteiger partial charge is 0.496 e. The summed E-state index contributed by atoms with van der Waals surface area (Å²) in [6.07, 6.45) is -0.809. The van der Waals surface area contributed by atoms with Crippen molar-refractivity contribution in [1.29, 1.82) is 0 Å². The molecular weight excluding hydrogens is 462 g/mol. The fourth-order valence-electron chi connectivity index (χ4n) is 2.95. The van der Waals surface area contributed by atoms with E-state index in [0.717, 1.165) is 21.2 Å². The minimum absolute atomic E-state index is 0.181. The zero-order valence-electron chi connectivity index (χ0n) is 17.8. The van der Waals surface area contributed by atoms with Gasteiger partial charge in [0, 0.05) is 28.7 Å². The van der Waals surface area contributed by atoms with Crippen molar-refractivity contribution in [3.63, 3.8) is 0 Å². The number of hydrogen-bond acceptors (Lipinski definition) is 5. The number of carbonyl (C=O) groups excluding carboxylic acids is 1. The second-order valence-electron chi connectivity index (χ2n) is 7.12. The second kappa shape index (κ2) is 9.78. The average molecular weight is 486 g/mol. The lowest BCUT2D eigenvalue weighted by Gasteiger charge is -2.16. The average Bonchev–Trinajstić information content (AvgIpc) is 2.75. The number of nitrogens with one attached hydrogen (secondary N) is 1. The van der Waals surface area contributed by atoms with Gasteiger partial charge in [0.25, 0.3) is 11.5 Å². The summed E-state index contributed by atoms with van der Waals surface area (Å²) >= 11 is 3.42. The number of amides is 1. The maximum absolute atomic E-state index is 12.5. The summed E-state index contributed by atoms with van der Waals surface area (Å²) in [6, 6.07) is 14.0. The van der Waals surface area contributed by atoms with Gasteiger partial charge in [-0.15, -0.1) is 5.10 Å². The van der Waals surface area contributed by atoms with Crippen LogP contribution in [0.5, 0.6) is 11.6 Å². The first-order chi connectivity index (χ1) is 14.8. The van der Waals surface area contributed by atoms with Crippen molar-refractivity contribution in [2.45, 2.75) is 33.4 Å². The van der Waals surface area contributed by atoms with E-state index in [2.05, 4.69) is 26.3 Å². The van der Waals surface area contributed by atoms with Gasteiger partial charge in [0.1, 0.15) is 5.75 Å². The summed E-state index contributed by atoms with van der Waals surface area (Å²) in [6.45, 7) is 5.88. The lowest BCUT2D eigenvalue weighted by Crippen LogP contribution is -2.36. The number of ether oxygens (including phenoxy) is 2. The zero-order chi connectivity index (χ0) is 22.5. The first-order valence-electron chi connectivity index (χ1n) is 9.73. The van der Waals surface area contributed by atoms with Crippen LogP contribution < -0.4 is 20.3 Å². The van der Waals surface area contributed by atoms with Gasteiger partial charge < -0.3 is 14.8 Å². The Labute approximate surface area is 189 Å². The van der Waals surface area contributed by atoms with Crippen molar-refractivity contribution >= 4 is 21.8 Å². The Bertz CT molecular complexity index is 1160. The van der Waals surface area contributed by atoms with Crippen LogP contribution in [0.1, 0.15) is 23.6 Å². The molecule has 3 rings (SSSR count). The van der Waals surface area contributed by atoms with Gasteiger partial charge in [0.2, 0.25) is 5.88 Å². The number of hydrogen-bond donors (Lipinski definition) is 1. The SMILES string of the molecule is COc1ccc(Br)cc1CNC(=O)[C@H](C)Oc1ccc(=O)n(-c2ccc(C)c(C)c2)n1. The third-order valence-corrected chi connectivity index (χ3v) is 5.37. The van der Waals surface area contributed by atoms with Gasteiger partial charge in [-0.2, -0.15) is 4.68 Å². The minimum Gasteiger partial charge on any atom is -0.496 e. The molecule has 0 aliphatic carbocycles. The van der Waals surface area contributed by atoms with E-state index in [1.807, 2.05) is 50.2 Å². The second-order valence-corrected chi connectivity index (χ2v) is 8.04. The van der Waals surface area contributed by atoms with Crippen LogP contribution in [0.3, 0.4) is 0 Å². The lowest BCUT2D eigenvalue weighted by molar-refractivity contribution is -0.127. The highest BCUT2D eigenvalue weighted by atomic mass is 79.9. The molecule has 1 N–H and O–H groups in total. The third-order valence-electron chi connectivity index (χ3n) is 4.87. The smallest absolute Gasteiger partial charge is 0.271 e. The van der Waals surface area contributed by atoms with Crippen LogP contribution in [0, 0.1) is 13.8 Å². The summed E-state index contributed by atoms with van der Waals surface area (Å²) in [4.78, 5) is 24.8. The Balaban J connectivity index is 1.71. The molecule has 31 heavy (non-hydrogen) atoms. The number of carbonyl (C=O) groups is 1. The highest BCUT2D eigenvalue weighted by Crippen LogP contribution is 2.22. The summed E-state index contributed by atoms with van der Waals surface area (Å²) in [7, 11) is 1.58. The maximum atomic E-state index is 12.5. The molecule has 162 valence electrons. The van der Waals surface area contributed by atoms with Crippen molar-refractivity contribution < 1.29 is 14.3 Å². The molecule has 1 heterocycles. The fraction of sp³-hybridized carbons (Fsp3) is 0.261. The maximum Gasteiger partial charge on any atom is 0.271 e. The van der Waals surface area contributed by atoms with Crippen LogP contribution >= 0.6 is 15.9 Å². The Morgan fingerprint density at radius 1 is 1.13 bits per heavy atom. The Morgan fingerprint density at radius 2 is 1.90 bits per heavy atom. The van der Waals surface area contributed by atoms with Gasteiger partial charge >= 0.3 is 0 Å². The molecule has 3 aromatic rings. The molecule has 1 atom stereocenters. The zero-order valence-corrected chi connectivity index (χ0v) is 19.4. The van der Waals surface area contributed by atoms with E-state index in [9.17, 15) is 9.59 Å². The first kappa shape index (κ1) is 22.6. The fourth-order valence-corrected chi connectivity index (χ4v) is 3.35. The van der Waals surface area contributed by atoms with Crippen LogP contribution in [0.15, 0.2) is 57.8 Å². The number of aryl methyl sites for hydroxylation is 2. The topological polar surface area (TPSA) is 82.5 Å². The summed E-state index contributed by atoms with van der Waals surface area (Å²) in [5.41, 5.74) is 3.36. The molecule has 0 aliphatic heterocycles. The van der Waals surface area contributed by atoms with Gasteiger partial charge in [-0.3, -0.25) is 9.59 Å². The molecular formula is C23H24BrN3O4. The predicted octanol–water partition coefficient (Wildman–Crippen LogP) is 3.70. The van der Waals surface area contributed by atoms with Gasteiger partial charge in [0.05, 0.1) is 12.8 Å². The molecule has 0 saturated heterocycles. The molecule has 0 fully saturated rings. The van der Waals surface area contributed by atoms with E-state index >= 15 is 0 Å². The number of rotatable bonds is 7. The number of aromatic nitrogens is 2. The van der Waals surface area contributed by atoms with E-state index in [1.54, 1.807) is 14.0 Å². The molecule has 1 amide bonds. The number of methoxy groups -OCH3 is 1. The van der Waals surface area contributed by atoms with Crippen molar-refractivity contribution in [2.24, 2.45) is 0 Å². The van der Waals surface area contributed by atoms with E-state index in [-0.39, 0.29) is 23.9 Å². The summed E-state index contributed by atoms with van der Waals surface area (Å²) in [5, 5.41) is 7.10. The molecule has 0 aliphatic rings. The Hall–Kier alpha value is -3.13. The normalized spacial score (nSPS) is 11.6.